The molecule has 2 N–H and O–H groups in total. The van der Waals surface area contributed by atoms with E-state index >= 15 is 0 Å². The maximum atomic E-state index is 13.0. The van der Waals surface area contributed by atoms with E-state index in [0.29, 0.717) is 27.6 Å². The largest absolute Gasteiger partial charge is 0.322 e. The van der Waals surface area contributed by atoms with Gasteiger partial charge in [0.2, 0.25) is 0 Å². The first-order valence-electron chi connectivity index (χ1n) is 9.18. The van der Waals surface area contributed by atoms with Crippen LogP contribution in [0.1, 0.15) is 20.7 Å². The second-order valence-corrected chi connectivity index (χ2v) is 7.40. The number of nitrogens with one attached hydrogen (secondary N) is 2. The molecular weight excluding hydrogens is 420 g/mol. The highest BCUT2D eigenvalue weighted by Gasteiger charge is 2.12. The van der Waals surface area contributed by atoms with E-state index in [1.54, 1.807) is 23.6 Å². The van der Waals surface area contributed by atoms with Gasteiger partial charge in [0, 0.05) is 27.8 Å². The molecule has 0 unspecified atom stereocenters. The topological polar surface area (TPSA) is 71.1 Å². The van der Waals surface area contributed by atoms with Crippen LogP contribution in [-0.2, 0) is 0 Å². The normalized spacial score (nSPS) is 10.5. The van der Waals surface area contributed by atoms with Gasteiger partial charge in [0.1, 0.15) is 11.6 Å². The van der Waals surface area contributed by atoms with Gasteiger partial charge in [0.05, 0.1) is 5.69 Å². The maximum absolute atomic E-state index is 13.0. The van der Waals surface area contributed by atoms with E-state index in [1.165, 1.54) is 59.9 Å². The molecule has 0 radical (unpaired) electrons. The van der Waals surface area contributed by atoms with E-state index in [9.17, 15) is 18.4 Å². The van der Waals surface area contributed by atoms with Gasteiger partial charge in [0.25, 0.3) is 11.8 Å². The standard InChI is InChI=1S/C23H15F2N3O2S/c24-17-8-4-14(5-9-17)21(29)26-19-3-1-2-16(12-19)20-13-31-23(27-20)28-22(30)15-6-10-18(25)11-7-15/h1-13H,(H,26,29)(H,27,28,30). The molecule has 3 aromatic carbocycles. The van der Waals surface area contributed by atoms with Crippen LogP contribution in [0.3, 0.4) is 0 Å². The van der Waals surface area contributed by atoms with Crippen molar-refractivity contribution in [1.29, 1.82) is 0 Å². The van der Waals surface area contributed by atoms with E-state index in [-0.39, 0.29) is 11.8 Å². The van der Waals surface area contributed by atoms with Crippen LogP contribution in [-0.4, -0.2) is 16.8 Å². The van der Waals surface area contributed by atoms with E-state index in [1.807, 2.05) is 6.07 Å². The number of amides is 2. The van der Waals surface area contributed by atoms with Crippen LogP contribution in [0.4, 0.5) is 19.6 Å². The highest BCUT2D eigenvalue weighted by Crippen LogP contribution is 2.27. The predicted octanol–water partition coefficient (Wildman–Crippen LogP) is 5.59. The summed E-state index contributed by atoms with van der Waals surface area (Å²) < 4.78 is 26.0. The summed E-state index contributed by atoms with van der Waals surface area (Å²) in [6.45, 7) is 0. The summed E-state index contributed by atoms with van der Waals surface area (Å²) in [6.07, 6.45) is 0. The van der Waals surface area contributed by atoms with Crippen molar-refractivity contribution in [3.8, 4) is 11.3 Å². The molecule has 0 atom stereocenters. The van der Waals surface area contributed by atoms with Crippen molar-refractivity contribution in [2.24, 2.45) is 0 Å². The van der Waals surface area contributed by atoms with Gasteiger partial charge in [-0.1, -0.05) is 12.1 Å². The zero-order valence-electron chi connectivity index (χ0n) is 15.9. The molecule has 0 fully saturated rings. The number of carbonyl (C=O) groups excluding carboxylic acids is 2. The van der Waals surface area contributed by atoms with Gasteiger partial charge in [-0.2, -0.15) is 0 Å². The predicted molar refractivity (Wildman–Crippen MR) is 116 cm³/mol. The van der Waals surface area contributed by atoms with E-state index in [4.69, 9.17) is 0 Å². The zero-order valence-corrected chi connectivity index (χ0v) is 16.7. The lowest BCUT2D eigenvalue weighted by Crippen LogP contribution is -2.12. The number of rotatable bonds is 5. The lowest BCUT2D eigenvalue weighted by molar-refractivity contribution is 0.101. The first kappa shape index (κ1) is 20.4. The average Bonchev–Trinajstić information content (AvgIpc) is 3.23. The summed E-state index contributed by atoms with van der Waals surface area (Å²) in [5, 5.41) is 7.63. The van der Waals surface area contributed by atoms with Crippen LogP contribution in [0.2, 0.25) is 0 Å². The fourth-order valence-electron chi connectivity index (χ4n) is 2.80. The maximum Gasteiger partial charge on any atom is 0.257 e. The van der Waals surface area contributed by atoms with Gasteiger partial charge in [-0.15, -0.1) is 11.3 Å². The molecule has 0 aliphatic heterocycles. The number of hydrogen-bond donors (Lipinski definition) is 2. The molecule has 0 aliphatic carbocycles. The van der Waals surface area contributed by atoms with Gasteiger partial charge in [-0.3, -0.25) is 14.9 Å². The summed E-state index contributed by atoms with van der Waals surface area (Å²) in [6, 6.07) is 17.6. The van der Waals surface area contributed by atoms with Gasteiger partial charge in [-0.25, -0.2) is 13.8 Å². The third-order valence-corrected chi connectivity index (χ3v) is 5.11. The Bertz CT molecular complexity index is 1240. The lowest BCUT2D eigenvalue weighted by Gasteiger charge is -2.07. The van der Waals surface area contributed by atoms with Crippen molar-refractivity contribution in [2.75, 3.05) is 10.6 Å². The molecule has 5 nitrogen and oxygen atoms in total. The quantitative estimate of drug-likeness (QED) is 0.429. The number of aromatic nitrogens is 1. The minimum Gasteiger partial charge on any atom is -0.322 e. The Kier molecular flexibility index (Phi) is 5.81. The van der Waals surface area contributed by atoms with Gasteiger partial charge >= 0.3 is 0 Å². The fourth-order valence-corrected chi connectivity index (χ4v) is 3.51. The summed E-state index contributed by atoms with van der Waals surface area (Å²) in [7, 11) is 0. The molecule has 1 heterocycles. The molecule has 2 amide bonds. The van der Waals surface area contributed by atoms with Crippen LogP contribution in [0, 0.1) is 11.6 Å². The number of anilines is 2. The second-order valence-electron chi connectivity index (χ2n) is 6.54. The van der Waals surface area contributed by atoms with Crippen LogP contribution in [0.15, 0.2) is 78.2 Å². The molecule has 0 aliphatic rings. The van der Waals surface area contributed by atoms with E-state index in [2.05, 4.69) is 15.6 Å². The van der Waals surface area contributed by atoms with Gasteiger partial charge in [0.15, 0.2) is 5.13 Å². The van der Waals surface area contributed by atoms with Crippen LogP contribution in [0.5, 0.6) is 0 Å². The third kappa shape index (κ3) is 4.99. The highest BCUT2D eigenvalue weighted by molar-refractivity contribution is 7.14. The van der Waals surface area contributed by atoms with Crippen molar-refractivity contribution in [3.05, 3.63) is 101 Å². The molecule has 0 saturated heterocycles. The van der Waals surface area contributed by atoms with E-state index in [0.717, 1.165) is 5.56 Å². The molecule has 4 aromatic rings. The van der Waals surface area contributed by atoms with Crippen molar-refractivity contribution in [1.82, 2.24) is 4.98 Å². The van der Waals surface area contributed by atoms with Crippen LogP contribution >= 0.6 is 11.3 Å². The first-order chi connectivity index (χ1) is 15.0. The van der Waals surface area contributed by atoms with Gasteiger partial charge in [-0.05, 0) is 60.7 Å². The highest BCUT2D eigenvalue weighted by atomic mass is 32.1. The molecule has 31 heavy (non-hydrogen) atoms. The Labute approximate surface area is 180 Å². The summed E-state index contributed by atoms with van der Waals surface area (Å²) in [5.41, 5.74) is 2.58. The number of benzene rings is 3. The fraction of sp³-hybridized carbons (Fsp3) is 0. The lowest BCUT2D eigenvalue weighted by atomic mass is 10.1. The molecular formula is C23H15F2N3O2S. The Morgan fingerprint density at radius 2 is 1.35 bits per heavy atom. The smallest absolute Gasteiger partial charge is 0.257 e. The molecule has 8 heteroatoms. The molecule has 1 aromatic heterocycles. The van der Waals surface area contributed by atoms with Gasteiger partial charge < -0.3 is 5.32 Å². The minimum absolute atomic E-state index is 0.323. The Hall–Kier alpha value is -3.91. The Morgan fingerprint density at radius 3 is 1.97 bits per heavy atom. The first-order valence-corrected chi connectivity index (χ1v) is 10.1. The molecule has 4 rings (SSSR count). The third-order valence-electron chi connectivity index (χ3n) is 4.35. The average molecular weight is 435 g/mol. The number of halogens is 2. The summed E-state index contributed by atoms with van der Waals surface area (Å²) in [4.78, 5) is 29.0. The van der Waals surface area contributed by atoms with Crippen LogP contribution < -0.4 is 10.6 Å². The van der Waals surface area contributed by atoms with Crippen molar-refractivity contribution < 1.29 is 18.4 Å². The van der Waals surface area contributed by atoms with Crippen LogP contribution in [0.25, 0.3) is 11.3 Å². The number of carbonyl (C=O) groups is 2. The number of nitrogens with zero attached hydrogens (tertiary/aromatic N) is 1. The zero-order chi connectivity index (χ0) is 21.8. The van der Waals surface area contributed by atoms with Crippen molar-refractivity contribution in [3.63, 3.8) is 0 Å². The second kappa shape index (κ2) is 8.85. The molecule has 154 valence electrons. The summed E-state index contributed by atoms with van der Waals surface area (Å²) in [5.74, 6) is -1.58. The number of hydrogen-bond acceptors (Lipinski definition) is 4. The van der Waals surface area contributed by atoms with E-state index < -0.39 is 11.6 Å². The summed E-state index contributed by atoms with van der Waals surface area (Å²) >= 11 is 1.25. The molecule has 0 bridgehead atoms. The van der Waals surface area contributed by atoms with Crippen molar-refractivity contribution in [2.45, 2.75) is 0 Å². The Morgan fingerprint density at radius 1 is 0.774 bits per heavy atom. The minimum atomic E-state index is -0.417. The molecule has 0 spiro atoms. The molecule has 0 saturated carbocycles. The number of thiazole rings is 1. The van der Waals surface area contributed by atoms with Crippen molar-refractivity contribution >= 4 is 34.0 Å². The SMILES string of the molecule is O=C(Nc1cccc(-c2csc(NC(=O)c3ccc(F)cc3)n2)c1)c1ccc(F)cc1. The Balaban J connectivity index is 1.46. The monoisotopic (exact) mass is 435 g/mol.